The van der Waals surface area contributed by atoms with Gasteiger partial charge >= 0.3 is 0 Å². The molecule has 0 aromatic heterocycles. The average Bonchev–Trinajstić information content (AvgIpc) is 2.40. The fourth-order valence-electron chi connectivity index (χ4n) is 1.90. The number of halogens is 1. The van der Waals surface area contributed by atoms with E-state index < -0.39 is 0 Å². The van der Waals surface area contributed by atoms with Gasteiger partial charge in [-0.25, -0.2) is 4.39 Å². The van der Waals surface area contributed by atoms with Crippen molar-refractivity contribution in [2.75, 3.05) is 27.4 Å². The molecule has 0 fully saturated rings. The van der Waals surface area contributed by atoms with Crippen LogP contribution in [0.5, 0.6) is 0 Å². The molecule has 0 aliphatic heterocycles. The second-order valence-electron chi connectivity index (χ2n) is 4.20. The van der Waals surface area contributed by atoms with E-state index in [-0.39, 0.29) is 18.0 Å². The lowest BCUT2D eigenvalue weighted by Crippen LogP contribution is -2.34. The van der Waals surface area contributed by atoms with E-state index in [1.54, 1.807) is 20.3 Å². The van der Waals surface area contributed by atoms with Gasteiger partial charge in [0.25, 0.3) is 0 Å². The van der Waals surface area contributed by atoms with Crippen molar-refractivity contribution >= 4 is 0 Å². The zero-order chi connectivity index (χ0) is 13.4. The highest BCUT2D eigenvalue weighted by Crippen LogP contribution is 2.19. The number of benzene rings is 1. The summed E-state index contributed by atoms with van der Waals surface area (Å²) in [5.74, 6) is -0.169. The molecule has 102 valence electrons. The van der Waals surface area contributed by atoms with Gasteiger partial charge in [-0.15, -0.1) is 0 Å². The molecule has 0 bridgehead atoms. The maximum atomic E-state index is 13.7. The molecule has 18 heavy (non-hydrogen) atoms. The molecule has 3 nitrogen and oxygen atoms in total. The van der Waals surface area contributed by atoms with Crippen molar-refractivity contribution in [2.45, 2.75) is 25.5 Å². The lowest BCUT2D eigenvalue weighted by atomic mass is 10.0. The normalized spacial score (nSPS) is 14.4. The summed E-state index contributed by atoms with van der Waals surface area (Å²) in [5.41, 5.74) is 0.701. The van der Waals surface area contributed by atoms with Gasteiger partial charge in [-0.3, -0.25) is 0 Å². The third-order valence-electron chi connectivity index (χ3n) is 2.97. The number of methoxy groups -OCH3 is 2. The molecule has 0 spiro atoms. The predicted molar refractivity (Wildman–Crippen MR) is 70.1 cm³/mol. The number of hydrogen-bond donors (Lipinski definition) is 1. The van der Waals surface area contributed by atoms with Crippen LogP contribution in [0.2, 0.25) is 0 Å². The quantitative estimate of drug-likeness (QED) is 0.774. The fraction of sp³-hybridized carbons (Fsp3) is 0.571. The van der Waals surface area contributed by atoms with Gasteiger partial charge in [0.1, 0.15) is 5.82 Å². The molecule has 0 aliphatic rings. The Morgan fingerprint density at radius 2 is 2.00 bits per heavy atom. The van der Waals surface area contributed by atoms with Crippen molar-refractivity contribution in [2.24, 2.45) is 0 Å². The number of nitrogens with one attached hydrogen (secondary N) is 1. The molecule has 1 aromatic rings. The largest absolute Gasteiger partial charge is 0.382 e. The molecule has 2 unspecified atom stereocenters. The third kappa shape index (κ3) is 4.37. The molecule has 0 aliphatic carbocycles. The minimum Gasteiger partial charge on any atom is -0.382 e. The first-order chi connectivity index (χ1) is 8.72. The van der Waals surface area contributed by atoms with Crippen molar-refractivity contribution in [1.82, 2.24) is 5.32 Å². The third-order valence-corrected chi connectivity index (χ3v) is 2.97. The predicted octanol–water partition coefficient (Wildman–Crippen LogP) is 2.53. The smallest absolute Gasteiger partial charge is 0.127 e. The van der Waals surface area contributed by atoms with E-state index in [0.717, 1.165) is 6.42 Å². The number of hydrogen-bond acceptors (Lipinski definition) is 3. The van der Waals surface area contributed by atoms with E-state index >= 15 is 0 Å². The van der Waals surface area contributed by atoms with Crippen molar-refractivity contribution in [3.63, 3.8) is 0 Å². The molecular formula is C14H22FNO2. The van der Waals surface area contributed by atoms with Gasteiger partial charge in [0.2, 0.25) is 0 Å². The lowest BCUT2D eigenvalue weighted by Gasteiger charge is -2.21. The van der Waals surface area contributed by atoms with Crippen LogP contribution in [0.25, 0.3) is 0 Å². The Balaban J connectivity index is 2.60. The Morgan fingerprint density at radius 3 is 2.56 bits per heavy atom. The van der Waals surface area contributed by atoms with Gasteiger partial charge in [-0.05, 0) is 12.5 Å². The van der Waals surface area contributed by atoms with Crippen LogP contribution in [0.15, 0.2) is 24.3 Å². The van der Waals surface area contributed by atoms with Gasteiger partial charge in [0.15, 0.2) is 0 Å². The second-order valence-corrected chi connectivity index (χ2v) is 4.20. The van der Waals surface area contributed by atoms with Crippen molar-refractivity contribution < 1.29 is 13.9 Å². The minimum atomic E-state index is -0.169. The Morgan fingerprint density at radius 1 is 1.28 bits per heavy atom. The van der Waals surface area contributed by atoms with Gasteiger partial charge in [0.05, 0.1) is 12.7 Å². The first-order valence-electron chi connectivity index (χ1n) is 6.22. The van der Waals surface area contributed by atoms with Crippen LogP contribution >= 0.6 is 0 Å². The summed E-state index contributed by atoms with van der Waals surface area (Å²) < 4.78 is 24.0. The Bertz CT molecular complexity index is 346. The molecule has 4 heteroatoms. The highest BCUT2D eigenvalue weighted by Gasteiger charge is 2.15. The summed E-state index contributed by atoms with van der Waals surface area (Å²) in [6.07, 6.45) is 0.806. The molecule has 0 radical (unpaired) electrons. The summed E-state index contributed by atoms with van der Waals surface area (Å²) in [4.78, 5) is 0. The lowest BCUT2D eigenvalue weighted by molar-refractivity contribution is 0.0272. The molecule has 1 aromatic carbocycles. The highest BCUT2D eigenvalue weighted by atomic mass is 19.1. The molecule has 0 saturated carbocycles. The average molecular weight is 255 g/mol. The Labute approximate surface area is 108 Å². The van der Waals surface area contributed by atoms with Gasteiger partial charge < -0.3 is 14.8 Å². The number of ether oxygens (including phenoxy) is 2. The molecule has 2 atom stereocenters. The van der Waals surface area contributed by atoms with E-state index in [2.05, 4.69) is 5.32 Å². The van der Waals surface area contributed by atoms with Crippen LogP contribution in [0.4, 0.5) is 4.39 Å². The van der Waals surface area contributed by atoms with Gasteiger partial charge in [-0.2, -0.15) is 0 Å². The van der Waals surface area contributed by atoms with Gasteiger partial charge in [-0.1, -0.05) is 25.1 Å². The van der Waals surface area contributed by atoms with Crippen molar-refractivity contribution in [1.29, 1.82) is 0 Å². The SMILES string of the molecule is CCC(NCC(COC)OC)c1ccccc1F. The van der Waals surface area contributed by atoms with E-state index in [0.29, 0.717) is 18.7 Å². The minimum absolute atomic E-state index is 0.000654. The van der Waals surface area contributed by atoms with Gasteiger partial charge in [0, 0.05) is 32.4 Å². The van der Waals surface area contributed by atoms with E-state index in [4.69, 9.17) is 9.47 Å². The summed E-state index contributed by atoms with van der Waals surface area (Å²) >= 11 is 0. The van der Waals surface area contributed by atoms with E-state index in [1.807, 2.05) is 19.1 Å². The van der Waals surface area contributed by atoms with E-state index in [1.165, 1.54) is 6.07 Å². The van der Waals surface area contributed by atoms with Crippen molar-refractivity contribution in [3.8, 4) is 0 Å². The maximum absolute atomic E-state index is 13.7. The highest BCUT2D eigenvalue weighted by molar-refractivity contribution is 5.21. The van der Waals surface area contributed by atoms with Crippen LogP contribution in [0.3, 0.4) is 0 Å². The Kier molecular flexibility index (Phi) is 6.86. The standard InChI is InChI=1S/C14H22FNO2/c1-4-14(12-7-5-6-8-13(12)15)16-9-11(18-3)10-17-2/h5-8,11,14,16H,4,9-10H2,1-3H3. The summed E-state index contributed by atoms with van der Waals surface area (Å²) in [6, 6.07) is 6.86. The monoisotopic (exact) mass is 255 g/mol. The zero-order valence-electron chi connectivity index (χ0n) is 11.3. The van der Waals surface area contributed by atoms with E-state index in [9.17, 15) is 4.39 Å². The van der Waals surface area contributed by atoms with Crippen LogP contribution in [-0.4, -0.2) is 33.5 Å². The van der Waals surface area contributed by atoms with Crippen LogP contribution < -0.4 is 5.32 Å². The van der Waals surface area contributed by atoms with Crippen LogP contribution in [-0.2, 0) is 9.47 Å². The topological polar surface area (TPSA) is 30.5 Å². The molecule has 0 amide bonds. The molecule has 0 saturated heterocycles. The molecule has 1 rings (SSSR count). The second kappa shape index (κ2) is 8.19. The van der Waals surface area contributed by atoms with Crippen LogP contribution in [0.1, 0.15) is 24.9 Å². The summed E-state index contributed by atoms with van der Waals surface area (Å²) in [5, 5.41) is 3.32. The molecule has 0 heterocycles. The molecular weight excluding hydrogens is 233 g/mol. The molecule has 1 N–H and O–H groups in total. The van der Waals surface area contributed by atoms with Crippen molar-refractivity contribution in [3.05, 3.63) is 35.6 Å². The first kappa shape index (κ1) is 15.1. The first-order valence-corrected chi connectivity index (χ1v) is 6.22. The van der Waals surface area contributed by atoms with Crippen LogP contribution in [0, 0.1) is 5.82 Å². The summed E-state index contributed by atoms with van der Waals surface area (Å²) in [7, 11) is 3.29. The summed E-state index contributed by atoms with van der Waals surface area (Å²) in [6.45, 7) is 3.19. The number of rotatable bonds is 8. The Hall–Kier alpha value is -0.970. The fourth-order valence-corrected chi connectivity index (χ4v) is 1.90. The zero-order valence-corrected chi connectivity index (χ0v) is 11.3. The maximum Gasteiger partial charge on any atom is 0.127 e.